The first-order chi connectivity index (χ1) is 10.5. The summed E-state index contributed by atoms with van der Waals surface area (Å²) in [5.41, 5.74) is 0. The van der Waals surface area contributed by atoms with Crippen LogP contribution in [-0.2, 0) is 6.42 Å². The monoisotopic (exact) mass is 317 g/mol. The van der Waals surface area contributed by atoms with Crippen LogP contribution in [0.2, 0.25) is 0 Å². The minimum atomic E-state index is -0.106. The standard InChI is InChI=1S/C15H19N5OS/c1-8(2)7-12-19-14(21-20-12)9(3)16-13-11-5-6-22-15(11)18-10(4)17-13/h5-6,8-9H,7H2,1-4H3,(H,16,17,18)/t9-/m0/s1. The van der Waals surface area contributed by atoms with E-state index in [0.29, 0.717) is 11.8 Å². The molecule has 0 fully saturated rings. The van der Waals surface area contributed by atoms with Crippen molar-refractivity contribution in [3.05, 3.63) is 29.0 Å². The molecule has 0 aliphatic heterocycles. The Bertz CT molecular complexity index is 779. The summed E-state index contributed by atoms with van der Waals surface area (Å²) in [4.78, 5) is 14.4. The molecule has 0 aliphatic rings. The van der Waals surface area contributed by atoms with E-state index in [1.165, 1.54) is 0 Å². The van der Waals surface area contributed by atoms with E-state index in [-0.39, 0.29) is 6.04 Å². The van der Waals surface area contributed by atoms with Crippen LogP contribution in [0.1, 0.15) is 44.4 Å². The van der Waals surface area contributed by atoms with Gasteiger partial charge >= 0.3 is 0 Å². The maximum atomic E-state index is 5.36. The van der Waals surface area contributed by atoms with Crippen LogP contribution in [0.15, 0.2) is 16.0 Å². The van der Waals surface area contributed by atoms with Crippen molar-refractivity contribution in [1.29, 1.82) is 0 Å². The van der Waals surface area contributed by atoms with E-state index in [1.54, 1.807) is 11.3 Å². The molecule has 1 atom stereocenters. The second kappa shape index (κ2) is 6.00. The summed E-state index contributed by atoms with van der Waals surface area (Å²) in [6, 6.07) is 1.91. The fourth-order valence-corrected chi connectivity index (χ4v) is 3.04. The van der Waals surface area contributed by atoms with Gasteiger partial charge in [0.15, 0.2) is 5.82 Å². The van der Waals surface area contributed by atoms with Gasteiger partial charge in [0.1, 0.15) is 22.5 Å². The third-order valence-corrected chi connectivity index (χ3v) is 4.04. The Balaban J connectivity index is 1.82. The zero-order valence-electron chi connectivity index (χ0n) is 13.1. The van der Waals surface area contributed by atoms with Gasteiger partial charge < -0.3 is 9.84 Å². The molecule has 6 nitrogen and oxygen atoms in total. The molecule has 0 aromatic carbocycles. The van der Waals surface area contributed by atoms with Gasteiger partial charge in [-0.3, -0.25) is 0 Å². The van der Waals surface area contributed by atoms with Gasteiger partial charge in [0, 0.05) is 6.42 Å². The van der Waals surface area contributed by atoms with Gasteiger partial charge in [-0.15, -0.1) is 11.3 Å². The number of nitrogens with zero attached hydrogens (tertiary/aromatic N) is 4. The molecule has 3 heterocycles. The van der Waals surface area contributed by atoms with E-state index in [9.17, 15) is 0 Å². The summed E-state index contributed by atoms with van der Waals surface area (Å²) in [7, 11) is 0. The maximum Gasteiger partial charge on any atom is 0.248 e. The minimum Gasteiger partial charge on any atom is -0.358 e. The summed E-state index contributed by atoms with van der Waals surface area (Å²) in [5.74, 6) is 3.38. The number of aromatic nitrogens is 4. The largest absolute Gasteiger partial charge is 0.358 e. The van der Waals surface area contributed by atoms with Crippen molar-refractivity contribution < 1.29 is 4.52 Å². The van der Waals surface area contributed by atoms with E-state index >= 15 is 0 Å². The summed E-state index contributed by atoms with van der Waals surface area (Å²) in [6.45, 7) is 8.15. The van der Waals surface area contributed by atoms with Gasteiger partial charge in [-0.1, -0.05) is 19.0 Å². The highest BCUT2D eigenvalue weighted by atomic mass is 32.1. The first-order valence-corrected chi connectivity index (χ1v) is 8.21. The molecule has 116 valence electrons. The molecular formula is C15H19N5OS. The van der Waals surface area contributed by atoms with Crippen molar-refractivity contribution in [2.24, 2.45) is 5.92 Å². The Morgan fingerprint density at radius 3 is 2.82 bits per heavy atom. The second-order valence-corrected chi connectivity index (χ2v) is 6.67. The first-order valence-electron chi connectivity index (χ1n) is 7.33. The molecule has 3 rings (SSSR count). The number of aryl methyl sites for hydroxylation is 1. The summed E-state index contributed by atoms with van der Waals surface area (Å²) < 4.78 is 5.36. The van der Waals surface area contributed by atoms with Gasteiger partial charge in [0.2, 0.25) is 5.89 Å². The number of hydrogen-bond acceptors (Lipinski definition) is 7. The third kappa shape index (κ3) is 3.09. The van der Waals surface area contributed by atoms with Crippen LogP contribution in [0, 0.1) is 12.8 Å². The number of thiophene rings is 1. The molecule has 3 aromatic heterocycles. The third-order valence-electron chi connectivity index (χ3n) is 3.24. The van der Waals surface area contributed by atoms with Crippen molar-refractivity contribution in [3.63, 3.8) is 0 Å². The number of rotatable bonds is 5. The van der Waals surface area contributed by atoms with Gasteiger partial charge in [0.05, 0.1) is 5.39 Å². The lowest BCUT2D eigenvalue weighted by molar-refractivity contribution is 0.361. The topological polar surface area (TPSA) is 76.7 Å². The Morgan fingerprint density at radius 2 is 2.05 bits per heavy atom. The number of anilines is 1. The fraction of sp³-hybridized carbons (Fsp3) is 0.467. The zero-order valence-corrected chi connectivity index (χ0v) is 13.9. The Kier molecular flexibility index (Phi) is 4.06. The molecule has 0 amide bonds. The molecule has 7 heteroatoms. The second-order valence-electron chi connectivity index (χ2n) is 5.77. The lowest BCUT2D eigenvalue weighted by Crippen LogP contribution is -2.09. The SMILES string of the molecule is Cc1nc(N[C@@H](C)c2nc(CC(C)C)no2)c2ccsc2n1. The molecule has 1 N–H and O–H groups in total. The predicted octanol–water partition coefficient (Wildman–Crippen LogP) is 3.75. The molecule has 0 saturated heterocycles. The zero-order chi connectivity index (χ0) is 15.7. The van der Waals surface area contributed by atoms with Crippen molar-refractivity contribution in [3.8, 4) is 0 Å². The van der Waals surface area contributed by atoms with Crippen molar-refractivity contribution in [2.75, 3.05) is 5.32 Å². The molecule has 0 saturated carbocycles. The average Bonchev–Trinajstić information content (AvgIpc) is 3.06. The van der Waals surface area contributed by atoms with Crippen LogP contribution < -0.4 is 5.32 Å². The van der Waals surface area contributed by atoms with Gasteiger partial charge in [-0.2, -0.15) is 4.98 Å². The summed E-state index contributed by atoms with van der Waals surface area (Å²) in [6.07, 6.45) is 0.817. The normalized spacial score (nSPS) is 13.0. The highest BCUT2D eigenvalue weighted by Gasteiger charge is 2.17. The Labute approximate surface area is 133 Å². The van der Waals surface area contributed by atoms with Gasteiger partial charge in [0.25, 0.3) is 0 Å². The van der Waals surface area contributed by atoms with Crippen LogP contribution in [-0.4, -0.2) is 20.1 Å². The van der Waals surface area contributed by atoms with Crippen molar-refractivity contribution in [2.45, 2.75) is 40.2 Å². The Hall–Kier alpha value is -2.02. The molecule has 0 radical (unpaired) electrons. The Morgan fingerprint density at radius 1 is 1.23 bits per heavy atom. The van der Waals surface area contributed by atoms with Crippen LogP contribution >= 0.6 is 11.3 Å². The van der Waals surface area contributed by atoms with Crippen LogP contribution in [0.5, 0.6) is 0 Å². The van der Waals surface area contributed by atoms with Crippen LogP contribution in [0.3, 0.4) is 0 Å². The molecule has 0 spiro atoms. The van der Waals surface area contributed by atoms with Crippen LogP contribution in [0.4, 0.5) is 5.82 Å². The molecule has 3 aromatic rings. The van der Waals surface area contributed by atoms with Crippen molar-refractivity contribution >= 4 is 27.4 Å². The highest BCUT2D eigenvalue weighted by molar-refractivity contribution is 7.16. The lowest BCUT2D eigenvalue weighted by atomic mass is 10.1. The van der Waals surface area contributed by atoms with Crippen LogP contribution in [0.25, 0.3) is 10.2 Å². The van der Waals surface area contributed by atoms with E-state index in [4.69, 9.17) is 4.52 Å². The van der Waals surface area contributed by atoms with Crippen molar-refractivity contribution in [1.82, 2.24) is 20.1 Å². The number of hydrogen-bond donors (Lipinski definition) is 1. The molecule has 0 unspecified atom stereocenters. The van der Waals surface area contributed by atoms with E-state index < -0.39 is 0 Å². The van der Waals surface area contributed by atoms with Gasteiger partial charge in [-0.05, 0) is 31.2 Å². The quantitative estimate of drug-likeness (QED) is 0.772. The number of fused-ring (bicyclic) bond motifs is 1. The molecular weight excluding hydrogens is 298 g/mol. The smallest absolute Gasteiger partial charge is 0.248 e. The highest BCUT2D eigenvalue weighted by Crippen LogP contribution is 2.27. The summed E-state index contributed by atoms with van der Waals surface area (Å²) >= 11 is 1.61. The molecule has 0 aliphatic carbocycles. The lowest BCUT2D eigenvalue weighted by Gasteiger charge is -2.11. The van der Waals surface area contributed by atoms with E-state index in [0.717, 1.165) is 34.1 Å². The molecule has 0 bridgehead atoms. The maximum absolute atomic E-state index is 5.36. The summed E-state index contributed by atoms with van der Waals surface area (Å²) in [5, 5.41) is 10.4. The average molecular weight is 317 g/mol. The number of nitrogens with one attached hydrogen (secondary N) is 1. The fourth-order valence-electron chi connectivity index (χ4n) is 2.23. The van der Waals surface area contributed by atoms with Gasteiger partial charge in [-0.25, -0.2) is 9.97 Å². The first kappa shape index (κ1) is 14.9. The van der Waals surface area contributed by atoms with E-state index in [2.05, 4.69) is 39.3 Å². The minimum absolute atomic E-state index is 0.106. The molecule has 22 heavy (non-hydrogen) atoms. The predicted molar refractivity (Wildman–Crippen MR) is 87.0 cm³/mol. The van der Waals surface area contributed by atoms with E-state index in [1.807, 2.05) is 25.3 Å².